The molecule has 0 bridgehead atoms. The van der Waals surface area contributed by atoms with Crippen LogP contribution >= 0.6 is 0 Å². The van der Waals surface area contributed by atoms with Gasteiger partial charge in [0.1, 0.15) is 5.75 Å². The van der Waals surface area contributed by atoms with E-state index in [9.17, 15) is 9.59 Å². The molecule has 0 aromatic heterocycles. The number of ether oxygens (including phenoxy) is 1. The Labute approximate surface area is 148 Å². The minimum Gasteiger partial charge on any atom is -0.484 e. The van der Waals surface area contributed by atoms with E-state index in [1.807, 2.05) is 62.4 Å². The molecule has 0 radical (unpaired) electrons. The van der Waals surface area contributed by atoms with E-state index in [4.69, 9.17) is 4.74 Å². The molecule has 2 amide bonds. The normalized spacial score (nSPS) is 10.2. The summed E-state index contributed by atoms with van der Waals surface area (Å²) >= 11 is 0. The van der Waals surface area contributed by atoms with E-state index in [1.54, 1.807) is 4.90 Å². The molecule has 0 spiro atoms. The topological polar surface area (TPSA) is 58.6 Å². The quantitative estimate of drug-likeness (QED) is 0.843. The van der Waals surface area contributed by atoms with Gasteiger partial charge in [0.05, 0.1) is 0 Å². The van der Waals surface area contributed by atoms with Gasteiger partial charge in [-0.2, -0.15) is 0 Å². The van der Waals surface area contributed by atoms with Crippen molar-refractivity contribution in [2.45, 2.75) is 20.8 Å². The Bertz CT molecular complexity index is 726. The van der Waals surface area contributed by atoms with Gasteiger partial charge in [-0.1, -0.05) is 35.9 Å². The van der Waals surface area contributed by atoms with Crippen molar-refractivity contribution in [3.63, 3.8) is 0 Å². The molecule has 5 nitrogen and oxygen atoms in total. The van der Waals surface area contributed by atoms with Crippen LogP contribution in [0.3, 0.4) is 0 Å². The molecule has 0 saturated carbocycles. The third-order valence-corrected chi connectivity index (χ3v) is 3.83. The molecular weight excluding hydrogens is 316 g/mol. The first kappa shape index (κ1) is 18.5. The molecule has 0 unspecified atom stereocenters. The van der Waals surface area contributed by atoms with Gasteiger partial charge >= 0.3 is 0 Å². The smallest absolute Gasteiger partial charge is 0.258 e. The number of amides is 2. The van der Waals surface area contributed by atoms with Gasteiger partial charge in [-0.3, -0.25) is 9.59 Å². The largest absolute Gasteiger partial charge is 0.484 e. The number of hydrogen-bond donors (Lipinski definition) is 1. The fraction of sp³-hybridized carbons (Fsp3) is 0.300. The van der Waals surface area contributed by atoms with Crippen LogP contribution in [0.4, 0.5) is 5.69 Å². The van der Waals surface area contributed by atoms with E-state index in [0.29, 0.717) is 18.8 Å². The summed E-state index contributed by atoms with van der Waals surface area (Å²) in [7, 11) is 0. The summed E-state index contributed by atoms with van der Waals surface area (Å²) in [5, 5.41) is 2.78. The van der Waals surface area contributed by atoms with Crippen molar-refractivity contribution >= 4 is 17.5 Å². The van der Waals surface area contributed by atoms with Crippen LogP contribution in [0, 0.1) is 13.8 Å². The Kier molecular flexibility index (Phi) is 6.57. The van der Waals surface area contributed by atoms with Gasteiger partial charge in [0.15, 0.2) is 6.61 Å². The molecule has 1 N–H and O–H groups in total. The predicted molar refractivity (Wildman–Crippen MR) is 98.9 cm³/mol. The molecular formula is C20H24N2O3. The van der Waals surface area contributed by atoms with Crippen molar-refractivity contribution in [2.75, 3.05) is 24.6 Å². The minimum absolute atomic E-state index is 0.0481. The number of anilines is 1. The van der Waals surface area contributed by atoms with E-state index >= 15 is 0 Å². The van der Waals surface area contributed by atoms with Crippen molar-refractivity contribution < 1.29 is 14.3 Å². The van der Waals surface area contributed by atoms with E-state index in [2.05, 4.69) is 5.32 Å². The number of carbonyl (C=O) groups excluding carboxylic acids is 2. The van der Waals surface area contributed by atoms with Gasteiger partial charge in [-0.15, -0.1) is 0 Å². The van der Waals surface area contributed by atoms with Crippen LogP contribution in [0.2, 0.25) is 0 Å². The van der Waals surface area contributed by atoms with Crippen molar-refractivity contribution in [3.05, 3.63) is 59.7 Å². The molecule has 25 heavy (non-hydrogen) atoms. The van der Waals surface area contributed by atoms with Crippen LogP contribution < -0.4 is 15.0 Å². The molecule has 2 aromatic rings. The lowest BCUT2D eigenvalue weighted by Crippen LogP contribution is -2.39. The number of benzene rings is 2. The Morgan fingerprint density at radius 1 is 1.04 bits per heavy atom. The van der Waals surface area contributed by atoms with Crippen LogP contribution in [0.5, 0.6) is 5.75 Å². The summed E-state index contributed by atoms with van der Waals surface area (Å²) < 4.78 is 5.44. The lowest BCUT2D eigenvalue weighted by molar-refractivity contribution is -0.123. The van der Waals surface area contributed by atoms with Gasteiger partial charge in [-0.05, 0) is 37.6 Å². The number of rotatable bonds is 7. The summed E-state index contributed by atoms with van der Waals surface area (Å²) in [6, 6.07) is 15.2. The first-order chi connectivity index (χ1) is 12.0. The number of hydrogen-bond acceptors (Lipinski definition) is 3. The Morgan fingerprint density at radius 3 is 2.36 bits per heavy atom. The second-order valence-electron chi connectivity index (χ2n) is 5.91. The molecule has 0 atom stereocenters. The monoisotopic (exact) mass is 340 g/mol. The number of para-hydroxylation sites is 1. The Hall–Kier alpha value is -2.82. The fourth-order valence-corrected chi connectivity index (χ4v) is 2.46. The third-order valence-electron chi connectivity index (χ3n) is 3.83. The summed E-state index contributed by atoms with van der Waals surface area (Å²) in [5.74, 6) is 0.388. The van der Waals surface area contributed by atoms with Crippen LogP contribution in [0.1, 0.15) is 18.1 Å². The zero-order valence-corrected chi connectivity index (χ0v) is 14.9. The molecule has 0 aliphatic rings. The highest BCUT2D eigenvalue weighted by Gasteiger charge is 2.13. The first-order valence-electron chi connectivity index (χ1n) is 8.27. The van der Waals surface area contributed by atoms with Gasteiger partial charge in [0.2, 0.25) is 5.91 Å². The van der Waals surface area contributed by atoms with Gasteiger partial charge in [-0.25, -0.2) is 0 Å². The van der Waals surface area contributed by atoms with Crippen molar-refractivity contribution in [1.82, 2.24) is 5.32 Å². The van der Waals surface area contributed by atoms with Crippen molar-refractivity contribution in [3.8, 4) is 5.75 Å². The molecule has 0 aliphatic heterocycles. The number of nitrogens with zero attached hydrogens (tertiary/aromatic N) is 1. The van der Waals surface area contributed by atoms with E-state index in [0.717, 1.165) is 16.8 Å². The van der Waals surface area contributed by atoms with Crippen molar-refractivity contribution in [1.29, 1.82) is 0 Å². The molecule has 5 heteroatoms. The summed E-state index contributed by atoms with van der Waals surface area (Å²) in [4.78, 5) is 25.5. The van der Waals surface area contributed by atoms with Gasteiger partial charge < -0.3 is 15.0 Å². The standard InChI is InChI=1S/C20H24N2O3/c1-15-8-10-18(11-9-15)25-14-20(24)21-12-13-22(17(3)23)19-7-5-4-6-16(19)2/h4-11H,12-14H2,1-3H3,(H,21,24). The maximum atomic E-state index is 11.9. The molecule has 2 rings (SSSR count). The average molecular weight is 340 g/mol. The molecule has 0 fully saturated rings. The highest BCUT2D eigenvalue weighted by atomic mass is 16.5. The molecule has 0 aliphatic carbocycles. The van der Waals surface area contributed by atoms with Crippen LogP contribution in [0.15, 0.2) is 48.5 Å². The van der Waals surface area contributed by atoms with Gasteiger partial charge in [0, 0.05) is 25.7 Å². The van der Waals surface area contributed by atoms with E-state index < -0.39 is 0 Å². The number of aryl methyl sites for hydroxylation is 2. The van der Waals surface area contributed by atoms with E-state index in [-0.39, 0.29) is 18.4 Å². The minimum atomic E-state index is -0.214. The summed E-state index contributed by atoms with van der Waals surface area (Å²) in [6.07, 6.45) is 0. The molecule has 2 aromatic carbocycles. The maximum absolute atomic E-state index is 11.9. The Morgan fingerprint density at radius 2 is 1.72 bits per heavy atom. The third kappa shape index (κ3) is 5.64. The second-order valence-corrected chi connectivity index (χ2v) is 5.91. The predicted octanol–water partition coefficient (Wildman–Crippen LogP) is 2.85. The second kappa shape index (κ2) is 8.87. The Balaban J connectivity index is 1.81. The lowest BCUT2D eigenvalue weighted by atomic mass is 10.2. The zero-order valence-electron chi connectivity index (χ0n) is 14.9. The fourth-order valence-electron chi connectivity index (χ4n) is 2.46. The molecule has 132 valence electrons. The maximum Gasteiger partial charge on any atom is 0.258 e. The highest BCUT2D eigenvalue weighted by molar-refractivity contribution is 5.92. The number of nitrogens with one attached hydrogen (secondary N) is 1. The van der Waals surface area contributed by atoms with Crippen LogP contribution in [-0.2, 0) is 9.59 Å². The lowest BCUT2D eigenvalue weighted by Gasteiger charge is -2.23. The number of carbonyl (C=O) groups is 2. The summed E-state index contributed by atoms with van der Waals surface area (Å²) in [5.41, 5.74) is 3.02. The van der Waals surface area contributed by atoms with Crippen LogP contribution in [-0.4, -0.2) is 31.5 Å². The van der Waals surface area contributed by atoms with Crippen LogP contribution in [0.25, 0.3) is 0 Å². The van der Waals surface area contributed by atoms with E-state index in [1.165, 1.54) is 6.92 Å². The van der Waals surface area contributed by atoms with Crippen molar-refractivity contribution in [2.24, 2.45) is 0 Å². The molecule has 0 heterocycles. The average Bonchev–Trinajstić information content (AvgIpc) is 2.59. The zero-order chi connectivity index (χ0) is 18.2. The molecule has 0 saturated heterocycles. The highest BCUT2D eigenvalue weighted by Crippen LogP contribution is 2.19. The van der Waals surface area contributed by atoms with Gasteiger partial charge in [0.25, 0.3) is 5.91 Å². The first-order valence-corrected chi connectivity index (χ1v) is 8.27. The summed E-state index contributed by atoms with van der Waals surface area (Å²) in [6.45, 7) is 6.20. The SMILES string of the molecule is CC(=O)N(CCNC(=O)COc1ccc(C)cc1)c1ccccc1C.